The summed E-state index contributed by atoms with van der Waals surface area (Å²) >= 11 is 3.34. The maximum absolute atomic E-state index is 12.5. The summed E-state index contributed by atoms with van der Waals surface area (Å²) in [6.07, 6.45) is 0. The van der Waals surface area contributed by atoms with Crippen molar-refractivity contribution in [1.82, 2.24) is 4.31 Å². The van der Waals surface area contributed by atoms with Gasteiger partial charge in [-0.2, -0.15) is 4.31 Å². The fraction of sp³-hybridized carbons (Fsp3) is 0.538. The second-order valence-electron chi connectivity index (χ2n) is 4.48. The monoisotopic (exact) mass is 349 g/mol. The molecule has 19 heavy (non-hydrogen) atoms. The van der Waals surface area contributed by atoms with Crippen molar-refractivity contribution in [3.05, 3.63) is 29.8 Å². The summed E-state index contributed by atoms with van der Waals surface area (Å²) in [5.74, 6) is 0. The highest BCUT2D eigenvalue weighted by Gasteiger charge is 2.26. The van der Waals surface area contributed by atoms with E-state index in [1.54, 1.807) is 19.2 Å². The van der Waals surface area contributed by atoms with Gasteiger partial charge in [-0.05, 0) is 31.5 Å². The van der Waals surface area contributed by atoms with Crippen molar-refractivity contribution in [2.24, 2.45) is 0 Å². The van der Waals surface area contributed by atoms with Crippen LogP contribution in [0.25, 0.3) is 0 Å². The van der Waals surface area contributed by atoms with Crippen molar-refractivity contribution in [1.29, 1.82) is 0 Å². The Morgan fingerprint density at radius 2 is 1.84 bits per heavy atom. The zero-order valence-corrected chi connectivity index (χ0v) is 13.9. The molecular formula is C13H20BrNO3S. The van der Waals surface area contributed by atoms with Gasteiger partial charge in [0.15, 0.2) is 0 Å². The standard InChI is InChI=1S/C13H20BrNO3S/c1-11(2)15(8-9-18-3)19(16,17)13-6-4-12(10-14)5-7-13/h4-7,11H,8-10H2,1-3H3. The van der Waals surface area contributed by atoms with Crippen LogP contribution in [0, 0.1) is 0 Å². The molecule has 0 aliphatic heterocycles. The summed E-state index contributed by atoms with van der Waals surface area (Å²) in [6.45, 7) is 4.47. The summed E-state index contributed by atoms with van der Waals surface area (Å²) in [5.41, 5.74) is 1.05. The molecule has 0 atom stereocenters. The van der Waals surface area contributed by atoms with E-state index in [-0.39, 0.29) is 6.04 Å². The number of methoxy groups -OCH3 is 1. The fourth-order valence-corrected chi connectivity index (χ4v) is 3.72. The van der Waals surface area contributed by atoms with E-state index in [0.29, 0.717) is 23.4 Å². The minimum Gasteiger partial charge on any atom is -0.383 e. The Labute approximate surface area is 123 Å². The van der Waals surface area contributed by atoms with Crippen LogP contribution in [0.4, 0.5) is 0 Å². The van der Waals surface area contributed by atoms with Crippen LogP contribution in [0.15, 0.2) is 29.2 Å². The van der Waals surface area contributed by atoms with Gasteiger partial charge in [-0.3, -0.25) is 0 Å². The molecule has 1 aromatic carbocycles. The summed E-state index contributed by atoms with van der Waals surface area (Å²) in [6, 6.07) is 6.82. The molecule has 1 aromatic rings. The van der Waals surface area contributed by atoms with Gasteiger partial charge in [0.1, 0.15) is 0 Å². The first-order valence-electron chi connectivity index (χ1n) is 6.09. The van der Waals surface area contributed by atoms with E-state index >= 15 is 0 Å². The van der Waals surface area contributed by atoms with Gasteiger partial charge in [0.25, 0.3) is 0 Å². The van der Waals surface area contributed by atoms with Crippen molar-refractivity contribution >= 4 is 26.0 Å². The van der Waals surface area contributed by atoms with E-state index in [4.69, 9.17) is 4.74 Å². The number of nitrogens with zero attached hydrogens (tertiary/aromatic N) is 1. The Morgan fingerprint density at radius 1 is 1.26 bits per heavy atom. The number of halogens is 1. The largest absolute Gasteiger partial charge is 0.383 e. The molecule has 0 saturated carbocycles. The second-order valence-corrected chi connectivity index (χ2v) is 6.93. The molecule has 0 heterocycles. The first-order valence-corrected chi connectivity index (χ1v) is 8.65. The maximum Gasteiger partial charge on any atom is 0.243 e. The van der Waals surface area contributed by atoms with E-state index in [9.17, 15) is 8.42 Å². The lowest BCUT2D eigenvalue weighted by molar-refractivity contribution is 0.171. The van der Waals surface area contributed by atoms with Gasteiger partial charge in [-0.25, -0.2) is 8.42 Å². The van der Waals surface area contributed by atoms with Gasteiger partial charge < -0.3 is 4.74 Å². The topological polar surface area (TPSA) is 46.6 Å². The molecule has 0 radical (unpaired) electrons. The first kappa shape index (κ1) is 16.6. The number of alkyl halides is 1. The van der Waals surface area contributed by atoms with Crippen LogP contribution in [-0.4, -0.2) is 39.0 Å². The third-order valence-electron chi connectivity index (χ3n) is 2.78. The predicted molar refractivity (Wildman–Crippen MR) is 80.0 cm³/mol. The number of sulfonamides is 1. The Morgan fingerprint density at radius 3 is 2.26 bits per heavy atom. The predicted octanol–water partition coefficient (Wildman–Crippen LogP) is 2.63. The van der Waals surface area contributed by atoms with Crippen molar-refractivity contribution in [3.63, 3.8) is 0 Å². The van der Waals surface area contributed by atoms with Crippen LogP contribution in [0.1, 0.15) is 19.4 Å². The highest BCUT2D eigenvalue weighted by molar-refractivity contribution is 9.08. The Bertz CT molecular complexity index is 485. The molecule has 0 aliphatic carbocycles. The SMILES string of the molecule is COCCN(C(C)C)S(=O)(=O)c1ccc(CBr)cc1. The zero-order valence-electron chi connectivity index (χ0n) is 11.5. The van der Waals surface area contributed by atoms with Gasteiger partial charge in [0.05, 0.1) is 11.5 Å². The van der Waals surface area contributed by atoms with Gasteiger partial charge in [0, 0.05) is 25.0 Å². The number of rotatable bonds is 7. The van der Waals surface area contributed by atoms with Crippen LogP contribution < -0.4 is 0 Å². The highest BCUT2D eigenvalue weighted by atomic mass is 79.9. The summed E-state index contributed by atoms with van der Waals surface area (Å²) in [4.78, 5) is 0.321. The van der Waals surface area contributed by atoms with Gasteiger partial charge >= 0.3 is 0 Å². The van der Waals surface area contributed by atoms with Crippen molar-refractivity contribution in [2.75, 3.05) is 20.3 Å². The highest BCUT2D eigenvalue weighted by Crippen LogP contribution is 2.19. The van der Waals surface area contributed by atoms with Crippen LogP contribution in [-0.2, 0) is 20.1 Å². The van der Waals surface area contributed by atoms with Crippen LogP contribution >= 0.6 is 15.9 Å². The third-order valence-corrected chi connectivity index (χ3v) is 5.51. The molecule has 0 aromatic heterocycles. The lowest BCUT2D eigenvalue weighted by atomic mass is 10.2. The molecule has 0 fully saturated rings. The number of ether oxygens (including phenoxy) is 1. The first-order chi connectivity index (χ1) is 8.93. The lowest BCUT2D eigenvalue weighted by Crippen LogP contribution is -2.39. The van der Waals surface area contributed by atoms with Crippen molar-refractivity contribution < 1.29 is 13.2 Å². The maximum atomic E-state index is 12.5. The quantitative estimate of drug-likeness (QED) is 0.711. The zero-order chi connectivity index (χ0) is 14.5. The van der Waals surface area contributed by atoms with Crippen LogP contribution in [0.3, 0.4) is 0 Å². The number of hydrogen-bond acceptors (Lipinski definition) is 3. The fourth-order valence-electron chi connectivity index (χ4n) is 1.72. The third kappa shape index (κ3) is 4.27. The molecule has 0 saturated heterocycles. The smallest absolute Gasteiger partial charge is 0.243 e. The van der Waals surface area contributed by atoms with E-state index in [0.717, 1.165) is 5.56 Å². The Hall–Kier alpha value is -0.430. The summed E-state index contributed by atoms with van der Waals surface area (Å²) < 4.78 is 31.5. The van der Waals surface area contributed by atoms with Gasteiger partial charge in [-0.1, -0.05) is 28.1 Å². The molecule has 0 N–H and O–H groups in total. The summed E-state index contributed by atoms with van der Waals surface area (Å²) in [5, 5.41) is 0.713. The Balaban J connectivity index is 3.04. The second kappa shape index (κ2) is 7.38. The van der Waals surface area contributed by atoms with E-state index < -0.39 is 10.0 Å². The van der Waals surface area contributed by atoms with Crippen molar-refractivity contribution in [3.8, 4) is 0 Å². The molecule has 6 heteroatoms. The lowest BCUT2D eigenvalue weighted by Gasteiger charge is -2.25. The van der Waals surface area contributed by atoms with Gasteiger partial charge in [0.2, 0.25) is 10.0 Å². The van der Waals surface area contributed by atoms with Crippen molar-refractivity contribution in [2.45, 2.75) is 30.1 Å². The minimum atomic E-state index is -3.46. The molecule has 0 amide bonds. The minimum absolute atomic E-state index is 0.101. The average molecular weight is 350 g/mol. The van der Waals surface area contributed by atoms with Crippen LogP contribution in [0.5, 0.6) is 0 Å². The molecule has 1 rings (SSSR count). The molecule has 0 spiro atoms. The molecule has 0 unspecified atom stereocenters. The van der Waals surface area contributed by atoms with Gasteiger partial charge in [-0.15, -0.1) is 0 Å². The van der Waals surface area contributed by atoms with E-state index in [1.807, 2.05) is 26.0 Å². The number of hydrogen-bond donors (Lipinski definition) is 0. The molecule has 0 bridgehead atoms. The summed E-state index contributed by atoms with van der Waals surface area (Å²) in [7, 11) is -1.89. The molecule has 0 aliphatic rings. The van der Waals surface area contributed by atoms with E-state index in [1.165, 1.54) is 4.31 Å². The normalized spacial score (nSPS) is 12.3. The molecular weight excluding hydrogens is 330 g/mol. The molecule has 4 nitrogen and oxygen atoms in total. The average Bonchev–Trinajstić information content (AvgIpc) is 2.38. The number of benzene rings is 1. The molecule has 108 valence electrons. The Kier molecular flexibility index (Phi) is 6.46. The van der Waals surface area contributed by atoms with Crippen LogP contribution in [0.2, 0.25) is 0 Å². The van der Waals surface area contributed by atoms with E-state index in [2.05, 4.69) is 15.9 Å².